The molecule has 1 heterocycles. The van der Waals surface area contributed by atoms with E-state index in [0.29, 0.717) is 17.4 Å². The summed E-state index contributed by atoms with van der Waals surface area (Å²) in [5, 5.41) is 3.36. The van der Waals surface area contributed by atoms with Gasteiger partial charge in [-0.3, -0.25) is 0 Å². The van der Waals surface area contributed by atoms with Crippen molar-refractivity contribution in [3.05, 3.63) is 23.4 Å². The number of halogens is 4. The van der Waals surface area contributed by atoms with E-state index in [9.17, 15) is 13.2 Å². The van der Waals surface area contributed by atoms with E-state index >= 15 is 0 Å². The van der Waals surface area contributed by atoms with E-state index in [0.717, 1.165) is 0 Å². The summed E-state index contributed by atoms with van der Waals surface area (Å²) in [6.07, 6.45) is -4.28. The quantitative estimate of drug-likeness (QED) is 0.805. The Morgan fingerprint density at radius 1 is 1.41 bits per heavy atom. The molecule has 0 bridgehead atoms. The van der Waals surface area contributed by atoms with Crippen molar-refractivity contribution >= 4 is 17.4 Å². The molecule has 0 aliphatic carbocycles. The van der Waals surface area contributed by atoms with Gasteiger partial charge in [0.2, 0.25) is 0 Å². The molecule has 0 aliphatic rings. The summed E-state index contributed by atoms with van der Waals surface area (Å²) in [6, 6.07) is 5.04. The third-order valence-electron chi connectivity index (χ3n) is 2.21. The predicted octanol–water partition coefficient (Wildman–Crippen LogP) is 4.27. The van der Waals surface area contributed by atoms with Crippen LogP contribution < -0.4 is 5.32 Å². The molecule has 0 spiro atoms. The van der Waals surface area contributed by atoms with Crippen LogP contribution >= 0.6 is 11.6 Å². The molecule has 1 aromatic rings. The Hall–Kier alpha value is -0.970. The topological polar surface area (TPSA) is 24.9 Å². The van der Waals surface area contributed by atoms with Crippen LogP contribution in [0.25, 0.3) is 0 Å². The molecular weight excluding hydrogens is 253 g/mol. The van der Waals surface area contributed by atoms with Gasteiger partial charge >= 0.3 is 6.18 Å². The Morgan fingerprint density at radius 2 is 2.12 bits per heavy atom. The maximum absolute atomic E-state index is 11.9. The molecule has 1 atom stereocenters. The fourth-order valence-electron chi connectivity index (χ4n) is 1.42. The van der Waals surface area contributed by atoms with Crippen molar-refractivity contribution in [2.75, 3.05) is 5.32 Å². The molecule has 0 radical (unpaired) electrons. The molecule has 0 saturated heterocycles. The molecule has 1 unspecified atom stereocenters. The standard InChI is InChI=1S/C11H14ClF3N2/c1-8(4-3-7-11(13,14)15)16-10-6-2-5-9(12)17-10/h2,5-6,8H,3-4,7H2,1H3,(H,16,17). The minimum atomic E-state index is -4.08. The second-order valence-corrected chi connectivity index (χ2v) is 4.29. The molecule has 17 heavy (non-hydrogen) atoms. The number of nitrogens with one attached hydrogen (secondary N) is 1. The number of hydrogen-bond donors (Lipinski definition) is 1. The second-order valence-electron chi connectivity index (χ2n) is 3.90. The van der Waals surface area contributed by atoms with Crippen molar-refractivity contribution < 1.29 is 13.2 Å². The highest BCUT2D eigenvalue weighted by Gasteiger charge is 2.26. The number of rotatable bonds is 5. The lowest BCUT2D eigenvalue weighted by atomic mass is 10.1. The summed E-state index contributed by atoms with van der Waals surface area (Å²) >= 11 is 5.69. The molecule has 0 amide bonds. The lowest BCUT2D eigenvalue weighted by Crippen LogP contribution is -2.17. The number of pyridine rings is 1. The van der Waals surface area contributed by atoms with Gasteiger partial charge in [0, 0.05) is 12.5 Å². The van der Waals surface area contributed by atoms with E-state index in [1.807, 2.05) is 6.92 Å². The first kappa shape index (κ1) is 14.1. The molecule has 1 rings (SSSR count). The minimum Gasteiger partial charge on any atom is -0.368 e. The zero-order valence-corrected chi connectivity index (χ0v) is 10.1. The van der Waals surface area contributed by atoms with Gasteiger partial charge in [0.05, 0.1) is 0 Å². The highest BCUT2D eigenvalue weighted by atomic mass is 35.5. The molecule has 0 saturated carbocycles. The fourth-order valence-corrected chi connectivity index (χ4v) is 1.59. The Labute approximate surface area is 103 Å². The average molecular weight is 267 g/mol. The van der Waals surface area contributed by atoms with Gasteiger partial charge in [-0.15, -0.1) is 0 Å². The number of alkyl halides is 3. The number of nitrogens with zero attached hydrogens (tertiary/aromatic N) is 1. The zero-order chi connectivity index (χ0) is 12.9. The first-order valence-electron chi connectivity index (χ1n) is 5.32. The molecule has 0 fully saturated rings. The third-order valence-corrected chi connectivity index (χ3v) is 2.42. The van der Waals surface area contributed by atoms with Crippen molar-refractivity contribution in [1.82, 2.24) is 4.98 Å². The summed E-state index contributed by atoms with van der Waals surface area (Å²) in [5.41, 5.74) is 0. The summed E-state index contributed by atoms with van der Waals surface area (Å²) in [6.45, 7) is 1.82. The molecule has 2 nitrogen and oxygen atoms in total. The largest absolute Gasteiger partial charge is 0.389 e. The van der Waals surface area contributed by atoms with Crippen LogP contribution in [0.1, 0.15) is 26.2 Å². The van der Waals surface area contributed by atoms with Crippen LogP contribution in [0.4, 0.5) is 19.0 Å². The SMILES string of the molecule is CC(CCCC(F)(F)F)Nc1cccc(Cl)n1. The predicted molar refractivity (Wildman–Crippen MR) is 62.2 cm³/mol. The van der Waals surface area contributed by atoms with Crippen LogP contribution in [-0.4, -0.2) is 17.2 Å². The lowest BCUT2D eigenvalue weighted by molar-refractivity contribution is -0.135. The number of hydrogen-bond acceptors (Lipinski definition) is 2. The van der Waals surface area contributed by atoms with E-state index in [1.54, 1.807) is 18.2 Å². The van der Waals surface area contributed by atoms with Crippen LogP contribution in [0.15, 0.2) is 18.2 Å². The summed E-state index contributed by atoms with van der Waals surface area (Å²) in [4.78, 5) is 4.00. The van der Waals surface area contributed by atoms with Crippen LogP contribution in [0.5, 0.6) is 0 Å². The average Bonchev–Trinajstić information content (AvgIpc) is 2.15. The van der Waals surface area contributed by atoms with Gasteiger partial charge in [-0.05, 0) is 31.9 Å². The maximum Gasteiger partial charge on any atom is 0.389 e. The molecule has 0 aliphatic heterocycles. The smallest absolute Gasteiger partial charge is 0.368 e. The number of aromatic nitrogens is 1. The zero-order valence-electron chi connectivity index (χ0n) is 9.39. The van der Waals surface area contributed by atoms with Gasteiger partial charge < -0.3 is 5.32 Å². The Bertz CT molecular complexity index is 355. The molecule has 1 N–H and O–H groups in total. The van der Waals surface area contributed by atoms with Gasteiger partial charge in [0.25, 0.3) is 0 Å². The summed E-state index contributed by atoms with van der Waals surface area (Å²) in [7, 11) is 0. The molecule has 96 valence electrons. The molecular formula is C11H14ClF3N2. The lowest BCUT2D eigenvalue weighted by Gasteiger charge is -2.15. The Morgan fingerprint density at radius 3 is 2.71 bits per heavy atom. The molecule has 0 aromatic carbocycles. The van der Waals surface area contributed by atoms with Crippen molar-refractivity contribution in [2.45, 2.75) is 38.4 Å². The van der Waals surface area contributed by atoms with Crippen LogP contribution in [0.3, 0.4) is 0 Å². The first-order chi connectivity index (χ1) is 7.87. The van der Waals surface area contributed by atoms with Crippen molar-refractivity contribution in [3.8, 4) is 0 Å². The summed E-state index contributed by atoms with van der Waals surface area (Å²) in [5.74, 6) is 0.581. The van der Waals surface area contributed by atoms with Gasteiger partial charge in [-0.25, -0.2) is 4.98 Å². The molecule has 6 heteroatoms. The van der Waals surface area contributed by atoms with Crippen LogP contribution in [-0.2, 0) is 0 Å². The number of anilines is 1. The van der Waals surface area contributed by atoms with Crippen molar-refractivity contribution in [3.63, 3.8) is 0 Å². The second kappa shape index (κ2) is 6.10. The van der Waals surface area contributed by atoms with Crippen LogP contribution in [0.2, 0.25) is 5.15 Å². The minimum absolute atomic E-state index is 0.0664. The van der Waals surface area contributed by atoms with Gasteiger partial charge in [-0.2, -0.15) is 13.2 Å². The fraction of sp³-hybridized carbons (Fsp3) is 0.545. The van der Waals surface area contributed by atoms with Gasteiger partial charge in [0.15, 0.2) is 0 Å². The monoisotopic (exact) mass is 266 g/mol. The van der Waals surface area contributed by atoms with E-state index in [2.05, 4.69) is 10.3 Å². The first-order valence-corrected chi connectivity index (χ1v) is 5.70. The maximum atomic E-state index is 11.9. The van der Waals surface area contributed by atoms with E-state index in [-0.39, 0.29) is 12.5 Å². The summed E-state index contributed by atoms with van der Waals surface area (Å²) < 4.78 is 35.8. The van der Waals surface area contributed by atoms with Crippen molar-refractivity contribution in [2.24, 2.45) is 0 Å². The van der Waals surface area contributed by atoms with E-state index in [1.165, 1.54) is 0 Å². The highest BCUT2D eigenvalue weighted by Crippen LogP contribution is 2.23. The van der Waals surface area contributed by atoms with Crippen molar-refractivity contribution in [1.29, 1.82) is 0 Å². The molecule has 1 aromatic heterocycles. The highest BCUT2D eigenvalue weighted by molar-refractivity contribution is 6.29. The third kappa shape index (κ3) is 6.36. The van der Waals surface area contributed by atoms with E-state index in [4.69, 9.17) is 11.6 Å². The van der Waals surface area contributed by atoms with Crippen LogP contribution in [0, 0.1) is 0 Å². The Kier molecular flexibility index (Phi) is 5.05. The van der Waals surface area contributed by atoms with Gasteiger partial charge in [0.1, 0.15) is 11.0 Å². The van der Waals surface area contributed by atoms with Gasteiger partial charge in [-0.1, -0.05) is 17.7 Å². The van der Waals surface area contributed by atoms with E-state index < -0.39 is 12.6 Å². The Balaban J connectivity index is 2.32. The normalized spacial score (nSPS) is 13.5.